The summed E-state index contributed by atoms with van der Waals surface area (Å²) in [6.45, 7) is 5.26. The quantitative estimate of drug-likeness (QED) is 0.744. The van der Waals surface area contributed by atoms with E-state index in [9.17, 15) is 9.90 Å². The van der Waals surface area contributed by atoms with E-state index in [0.717, 1.165) is 0 Å². The third kappa shape index (κ3) is 3.84. The monoisotopic (exact) mass is 210 g/mol. The minimum atomic E-state index is -0.642. The molecule has 0 aliphatic heterocycles. The van der Waals surface area contributed by atoms with Crippen LogP contribution in [0.15, 0.2) is 18.3 Å². The van der Waals surface area contributed by atoms with Gasteiger partial charge >= 0.3 is 6.09 Å². The molecule has 0 bridgehead atoms. The second-order valence-electron chi connectivity index (χ2n) is 4.00. The van der Waals surface area contributed by atoms with Gasteiger partial charge in [-0.15, -0.1) is 0 Å². The molecule has 1 heterocycles. The maximum Gasteiger partial charge on any atom is 0.413 e. The number of nitrogens with zero attached hydrogens (tertiary/aromatic N) is 1. The minimum Gasteiger partial charge on any atom is -0.504 e. The fraction of sp³-hybridized carbons (Fsp3) is 0.400. The van der Waals surface area contributed by atoms with E-state index in [4.69, 9.17) is 4.74 Å². The van der Waals surface area contributed by atoms with Gasteiger partial charge in [-0.05, 0) is 32.9 Å². The number of rotatable bonds is 1. The third-order valence-corrected chi connectivity index (χ3v) is 1.41. The highest BCUT2D eigenvalue weighted by molar-refractivity contribution is 5.85. The number of carbonyl (C=O) groups is 1. The Morgan fingerprint density at radius 2 is 2.20 bits per heavy atom. The molecular weight excluding hydrogens is 196 g/mol. The zero-order valence-electron chi connectivity index (χ0n) is 8.94. The molecule has 0 aromatic carbocycles. The van der Waals surface area contributed by atoms with E-state index >= 15 is 0 Å². The summed E-state index contributed by atoms with van der Waals surface area (Å²) < 4.78 is 5.00. The van der Waals surface area contributed by atoms with E-state index in [0.29, 0.717) is 0 Å². The first kappa shape index (κ1) is 11.3. The lowest BCUT2D eigenvalue weighted by Crippen LogP contribution is -2.27. The van der Waals surface area contributed by atoms with Crippen LogP contribution >= 0.6 is 0 Å². The van der Waals surface area contributed by atoms with Gasteiger partial charge in [0.05, 0.1) is 0 Å². The Morgan fingerprint density at radius 3 is 2.73 bits per heavy atom. The van der Waals surface area contributed by atoms with Crippen LogP contribution in [0.25, 0.3) is 0 Å². The molecular formula is C10H14N2O3. The van der Waals surface area contributed by atoms with Crippen molar-refractivity contribution >= 4 is 11.9 Å². The van der Waals surface area contributed by atoms with Crippen LogP contribution in [0.2, 0.25) is 0 Å². The van der Waals surface area contributed by atoms with Crippen molar-refractivity contribution in [1.82, 2.24) is 4.98 Å². The minimum absolute atomic E-state index is 0.0896. The molecule has 0 spiro atoms. The van der Waals surface area contributed by atoms with Gasteiger partial charge in [-0.1, -0.05) is 0 Å². The highest BCUT2D eigenvalue weighted by atomic mass is 16.6. The molecule has 0 aliphatic rings. The van der Waals surface area contributed by atoms with Crippen LogP contribution in [-0.4, -0.2) is 21.8 Å². The molecule has 1 aromatic rings. The number of hydrogen-bond donors (Lipinski definition) is 2. The van der Waals surface area contributed by atoms with Gasteiger partial charge in [0.2, 0.25) is 0 Å². The summed E-state index contributed by atoms with van der Waals surface area (Å²) in [5.74, 6) is -0.00453. The normalized spacial score (nSPS) is 10.9. The summed E-state index contributed by atoms with van der Waals surface area (Å²) in [6, 6.07) is 3.00. The highest BCUT2D eigenvalue weighted by Gasteiger charge is 2.17. The van der Waals surface area contributed by atoms with Gasteiger partial charge in [-0.3, -0.25) is 5.32 Å². The Kier molecular flexibility index (Phi) is 3.14. The molecule has 15 heavy (non-hydrogen) atoms. The molecule has 0 unspecified atom stereocenters. The van der Waals surface area contributed by atoms with Crippen molar-refractivity contribution in [3.63, 3.8) is 0 Å². The molecule has 0 fully saturated rings. The van der Waals surface area contributed by atoms with Crippen molar-refractivity contribution in [3.05, 3.63) is 18.3 Å². The SMILES string of the molecule is CC(C)(C)OC(=O)Nc1ncccc1O. The second kappa shape index (κ2) is 4.16. The lowest BCUT2D eigenvalue weighted by molar-refractivity contribution is 0.0634. The van der Waals surface area contributed by atoms with Crippen LogP contribution in [0.5, 0.6) is 5.75 Å². The van der Waals surface area contributed by atoms with Gasteiger partial charge in [-0.2, -0.15) is 0 Å². The van der Waals surface area contributed by atoms with E-state index in [1.54, 1.807) is 26.8 Å². The molecule has 2 N–H and O–H groups in total. The molecule has 0 saturated carbocycles. The Bertz CT molecular complexity index is 358. The molecule has 5 nitrogen and oxygen atoms in total. The summed E-state index contributed by atoms with van der Waals surface area (Å²) >= 11 is 0. The van der Waals surface area contributed by atoms with Crippen molar-refractivity contribution in [2.45, 2.75) is 26.4 Å². The number of anilines is 1. The molecule has 1 aromatic heterocycles. The van der Waals surface area contributed by atoms with Crippen LogP contribution in [0, 0.1) is 0 Å². The first-order valence-electron chi connectivity index (χ1n) is 4.52. The maximum atomic E-state index is 11.3. The molecule has 5 heteroatoms. The Labute approximate surface area is 88.1 Å². The predicted molar refractivity (Wildman–Crippen MR) is 55.8 cm³/mol. The number of amides is 1. The number of ether oxygens (including phenoxy) is 1. The maximum absolute atomic E-state index is 11.3. The van der Waals surface area contributed by atoms with Crippen LogP contribution in [0.1, 0.15) is 20.8 Å². The van der Waals surface area contributed by atoms with E-state index in [1.807, 2.05) is 0 Å². The van der Waals surface area contributed by atoms with Crippen molar-refractivity contribution in [1.29, 1.82) is 0 Å². The molecule has 0 saturated heterocycles. The van der Waals surface area contributed by atoms with Gasteiger partial charge in [0.15, 0.2) is 11.6 Å². The van der Waals surface area contributed by atoms with Crippen LogP contribution < -0.4 is 5.32 Å². The summed E-state index contributed by atoms with van der Waals surface area (Å²) in [4.78, 5) is 15.1. The smallest absolute Gasteiger partial charge is 0.413 e. The summed E-state index contributed by atoms with van der Waals surface area (Å²) in [6.07, 6.45) is 0.823. The summed E-state index contributed by atoms with van der Waals surface area (Å²) in [5.41, 5.74) is -0.575. The molecule has 1 rings (SSSR count). The number of aromatic nitrogens is 1. The fourth-order valence-electron chi connectivity index (χ4n) is 0.893. The van der Waals surface area contributed by atoms with E-state index < -0.39 is 11.7 Å². The topological polar surface area (TPSA) is 71.5 Å². The van der Waals surface area contributed by atoms with Gasteiger partial charge in [0.1, 0.15) is 5.60 Å². The predicted octanol–water partition coefficient (Wildman–Crippen LogP) is 2.13. The molecule has 82 valence electrons. The Hall–Kier alpha value is -1.78. The van der Waals surface area contributed by atoms with Crippen molar-refractivity contribution < 1.29 is 14.6 Å². The summed E-state index contributed by atoms with van der Waals surface area (Å²) in [5, 5.41) is 11.7. The molecule has 1 amide bonds. The number of nitrogens with one attached hydrogen (secondary N) is 1. The lowest BCUT2D eigenvalue weighted by atomic mass is 10.2. The summed E-state index contributed by atoms with van der Waals surface area (Å²) in [7, 11) is 0. The standard InChI is InChI=1S/C10H14N2O3/c1-10(2,3)15-9(14)12-8-7(13)5-4-6-11-8/h4-6,13H,1-3H3,(H,11,12,14). The van der Waals surface area contributed by atoms with Crippen molar-refractivity contribution in [2.75, 3.05) is 5.32 Å². The van der Waals surface area contributed by atoms with Gasteiger partial charge < -0.3 is 9.84 Å². The first-order chi connectivity index (χ1) is 6.88. The molecule has 0 radical (unpaired) electrons. The Balaban J connectivity index is 2.64. The third-order valence-electron chi connectivity index (χ3n) is 1.41. The average molecular weight is 210 g/mol. The van der Waals surface area contributed by atoms with Gasteiger partial charge in [-0.25, -0.2) is 9.78 Å². The zero-order chi connectivity index (χ0) is 11.5. The van der Waals surface area contributed by atoms with Crippen molar-refractivity contribution in [3.8, 4) is 5.75 Å². The number of pyridine rings is 1. The van der Waals surface area contributed by atoms with E-state index in [-0.39, 0.29) is 11.6 Å². The highest BCUT2D eigenvalue weighted by Crippen LogP contribution is 2.19. The molecule has 0 atom stereocenters. The number of hydrogen-bond acceptors (Lipinski definition) is 4. The van der Waals surface area contributed by atoms with E-state index in [1.165, 1.54) is 12.3 Å². The van der Waals surface area contributed by atoms with Crippen LogP contribution in [-0.2, 0) is 4.74 Å². The van der Waals surface area contributed by atoms with Crippen LogP contribution in [0.3, 0.4) is 0 Å². The van der Waals surface area contributed by atoms with E-state index in [2.05, 4.69) is 10.3 Å². The average Bonchev–Trinajstić information content (AvgIpc) is 2.05. The van der Waals surface area contributed by atoms with Gasteiger partial charge in [0.25, 0.3) is 0 Å². The Morgan fingerprint density at radius 1 is 1.53 bits per heavy atom. The number of carbonyl (C=O) groups excluding carboxylic acids is 1. The van der Waals surface area contributed by atoms with Gasteiger partial charge in [0, 0.05) is 6.20 Å². The second-order valence-corrected chi connectivity index (χ2v) is 4.00. The van der Waals surface area contributed by atoms with Crippen LogP contribution in [0.4, 0.5) is 10.6 Å². The zero-order valence-corrected chi connectivity index (χ0v) is 8.94. The fourth-order valence-corrected chi connectivity index (χ4v) is 0.893. The first-order valence-corrected chi connectivity index (χ1v) is 4.52. The largest absolute Gasteiger partial charge is 0.504 e. The van der Waals surface area contributed by atoms with Crippen molar-refractivity contribution in [2.24, 2.45) is 0 Å². The molecule has 0 aliphatic carbocycles. The number of aromatic hydroxyl groups is 1. The lowest BCUT2D eigenvalue weighted by Gasteiger charge is -2.19.